The molecule has 0 fully saturated rings. The molecule has 1 aliphatic rings. The Morgan fingerprint density at radius 3 is 2.03 bits per heavy atom. The van der Waals surface area contributed by atoms with Gasteiger partial charge >= 0.3 is 0 Å². The largest absolute Gasteiger partial charge is 0.493 e. The number of ether oxygens (including phenoxy) is 5. The van der Waals surface area contributed by atoms with E-state index in [2.05, 4.69) is 33.6 Å². The van der Waals surface area contributed by atoms with Crippen LogP contribution in [-0.2, 0) is 0 Å². The highest BCUT2D eigenvalue weighted by Crippen LogP contribution is 2.38. The highest BCUT2D eigenvalue weighted by molar-refractivity contribution is 5.58. The number of aromatic nitrogens is 2. The van der Waals surface area contributed by atoms with E-state index in [0.29, 0.717) is 39.9 Å². The summed E-state index contributed by atoms with van der Waals surface area (Å²) in [7, 11) is 4.67. The number of hydrogen-bond donors (Lipinski definition) is 0. The number of fused-ring (bicyclic) bond motifs is 1. The van der Waals surface area contributed by atoms with Crippen molar-refractivity contribution in [2.24, 2.45) is 0 Å². The quantitative estimate of drug-likeness (QED) is 0.610. The molecule has 0 spiro atoms. The normalized spacial score (nSPS) is 10.9. The molecule has 0 saturated heterocycles. The predicted molar refractivity (Wildman–Crippen MR) is 113 cm³/mol. The van der Waals surface area contributed by atoms with Crippen molar-refractivity contribution in [3.8, 4) is 52.4 Å². The van der Waals surface area contributed by atoms with E-state index in [1.54, 1.807) is 45.9 Å². The summed E-state index contributed by atoms with van der Waals surface area (Å²) >= 11 is 0. The van der Waals surface area contributed by atoms with Crippen LogP contribution in [0.4, 0.5) is 0 Å². The minimum atomic E-state index is 0.227. The molecule has 0 amide bonds. The van der Waals surface area contributed by atoms with Crippen LogP contribution in [0.25, 0.3) is 0 Å². The number of benzene rings is 2. The molecule has 0 N–H and O–H groups in total. The van der Waals surface area contributed by atoms with Gasteiger partial charge in [-0.1, -0.05) is 11.8 Å². The van der Waals surface area contributed by atoms with Gasteiger partial charge in [-0.05, 0) is 42.2 Å². The third-order valence-electron chi connectivity index (χ3n) is 4.34. The molecular weight excluding hydrogens is 396 g/mol. The summed E-state index contributed by atoms with van der Waals surface area (Å²) in [5.74, 6) is 15.1. The zero-order valence-corrected chi connectivity index (χ0v) is 17.2. The summed E-state index contributed by atoms with van der Waals surface area (Å²) in [6.45, 7) is 0.227. The molecule has 3 aromatic rings. The molecule has 4 rings (SSSR count). The Labute approximate surface area is 179 Å². The molecule has 0 unspecified atom stereocenters. The summed E-state index contributed by atoms with van der Waals surface area (Å²) in [4.78, 5) is 8.62. The molecule has 1 aromatic heterocycles. The minimum Gasteiger partial charge on any atom is -0.493 e. The Kier molecular flexibility index (Phi) is 5.77. The molecule has 7 heteroatoms. The third-order valence-corrected chi connectivity index (χ3v) is 4.34. The van der Waals surface area contributed by atoms with E-state index in [1.807, 2.05) is 18.2 Å². The maximum Gasteiger partial charge on any atom is 0.231 e. The van der Waals surface area contributed by atoms with Gasteiger partial charge in [-0.25, -0.2) is 4.98 Å². The first-order valence-electron chi connectivity index (χ1n) is 9.26. The van der Waals surface area contributed by atoms with E-state index in [9.17, 15) is 0 Å². The van der Waals surface area contributed by atoms with E-state index in [4.69, 9.17) is 23.7 Å². The van der Waals surface area contributed by atoms with Gasteiger partial charge in [0.2, 0.25) is 12.5 Å². The molecule has 0 saturated carbocycles. The Balaban J connectivity index is 1.58. The van der Waals surface area contributed by atoms with Gasteiger partial charge < -0.3 is 23.7 Å². The number of nitrogens with zero attached hydrogens (tertiary/aromatic N) is 2. The van der Waals surface area contributed by atoms with E-state index in [1.165, 1.54) is 0 Å². The molecule has 0 radical (unpaired) electrons. The van der Waals surface area contributed by atoms with E-state index in [0.717, 1.165) is 11.3 Å². The number of rotatable bonds is 3. The smallest absolute Gasteiger partial charge is 0.231 e. The van der Waals surface area contributed by atoms with Crippen LogP contribution in [0.1, 0.15) is 22.5 Å². The highest BCUT2D eigenvalue weighted by atomic mass is 16.7. The molecule has 154 valence electrons. The van der Waals surface area contributed by atoms with Crippen molar-refractivity contribution in [3.63, 3.8) is 0 Å². The van der Waals surface area contributed by atoms with E-state index in [-0.39, 0.29) is 6.79 Å². The maximum atomic E-state index is 5.37. The molecule has 7 nitrogen and oxygen atoms in total. The zero-order valence-electron chi connectivity index (χ0n) is 17.2. The lowest BCUT2D eigenvalue weighted by Crippen LogP contribution is -1.96. The zero-order chi connectivity index (χ0) is 21.6. The fourth-order valence-corrected chi connectivity index (χ4v) is 2.89. The summed E-state index contributed by atoms with van der Waals surface area (Å²) in [6, 6.07) is 9.06. The average molecular weight is 414 g/mol. The van der Waals surface area contributed by atoms with E-state index < -0.39 is 0 Å². The molecule has 0 bridgehead atoms. The summed E-state index contributed by atoms with van der Waals surface area (Å²) < 4.78 is 26.7. The minimum absolute atomic E-state index is 0.227. The van der Waals surface area contributed by atoms with Gasteiger partial charge in [0, 0.05) is 11.1 Å². The van der Waals surface area contributed by atoms with Crippen molar-refractivity contribution in [2.75, 3.05) is 28.1 Å². The Bertz CT molecular complexity index is 1220. The first-order chi connectivity index (χ1) is 15.2. The second kappa shape index (κ2) is 8.98. The van der Waals surface area contributed by atoms with Crippen LogP contribution < -0.4 is 23.7 Å². The van der Waals surface area contributed by atoms with Crippen LogP contribution in [0, 0.1) is 23.7 Å². The van der Waals surface area contributed by atoms with Crippen LogP contribution in [0.3, 0.4) is 0 Å². The van der Waals surface area contributed by atoms with Crippen LogP contribution >= 0.6 is 0 Å². The van der Waals surface area contributed by atoms with Gasteiger partial charge in [-0.3, -0.25) is 4.98 Å². The van der Waals surface area contributed by atoms with Crippen LogP contribution in [0.5, 0.6) is 28.7 Å². The van der Waals surface area contributed by atoms with Crippen molar-refractivity contribution in [1.29, 1.82) is 0 Å². The fourth-order valence-electron chi connectivity index (χ4n) is 2.89. The molecule has 2 heterocycles. The predicted octanol–water partition coefficient (Wildman–Crippen LogP) is 3.03. The SMILES string of the molecule is COc1cc(C#Cc2cncc(C#Cc3ccc4c(c3)OCO4)n2)cc(OC)c1OC. The van der Waals surface area contributed by atoms with Crippen molar-refractivity contribution in [3.05, 3.63) is 65.2 Å². The second-order valence-electron chi connectivity index (χ2n) is 6.27. The first kappa shape index (κ1) is 19.9. The molecular formula is C24H18N2O5. The fraction of sp³-hybridized carbons (Fsp3) is 0.167. The van der Waals surface area contributed by atoms with Gasteiger partial charge in [-0.2, -0.15) is 0 Å². The molecule has 31 heavy (non-hydrogen) atoms. The Morgan fingerprint density at radius 1 is 0.742 bits per heavy atom. The van der Waals surface area contributed by atoms with Crippen molar-refractivity contribution in [1.82, 2.24) is 9.97 Å². The monoisotopic (exact) mass is 414 g/mol. The van der Waals surface area contributed by atoms with Gasteiger partial charge in [0.05, 0.1) is 33.7 Å². The third kappa shape index (κ3) is 4.47. The Hall–Kier alpha value is -4.36. The van der Waals surface area contributed by atoms with Gasteiger partial charge in [0.15, 0.2) is 23.0 Å². The second-order valence-corrected chi connectivity index (χ2v) is 6.27. The summed E-state index contributed by atoms with van der Waals surface area (Å²) in [6.07, 6.45) is 3.17. The van der Waals surface area contributed by atoms with Crippen LogP contribution in [0.15, 0.2) is 42.7 Å². The Morgan fingerprint density at radius 2 is 1.39 bits per heavy atom. The molecule has 0 aliphatic carbocycles. The number of hydrogen-bond acceptors (Lipinski definition) is 7. The molecule has 2 aromatic carbocycles. The van der Waals surface area contributed by atoms with Crippen molar-refractivity contribution >= 4 is 0 Å². The topological polar surface area (TPSA) is 71.9 Å². The van der Waals surface area contributed by atoms with Gasteiger partial charge in [0.1, 0.15) is 11.4 Å². The number of methoxy groups -OCH3 is 3. The van der Waals surface area contributed by atoms with E-state index >= 15 is 0 Å². The lowest BCUT2D eigenvalue weighted by Gasteiger charge is -2.12. The van der Waals surface area contributed by atoms with Crippen molar-refractivity contribution < 1.29 is 23.7 Å². The highest BCUT2D eigenvalue weighted by Gasteiger charge is 2.13. The summed E-state index contributed by atoms with van der Waals surface area (Å²) in [5.41, 5.74) is 2.48. The molecule has 0 atom stereocenters. The van der Waals surface area contributed by atoms with Crippen LogP contribution in [-0.4, -0.2) is 38.1 Å². The molecule has 1 aliphatic heterocycles. The summed E-state index contributed by atoms with van der Waals surface area (Å²) in [5, 5.41) is 0. The van der Waals surface area contributed by atoms with Gasteiger partial charge in [-0.15, -0.1) is 0 Å². The lowest BCUT2D eigenvalue weighted by molar-refractivity contribution is 0.174. The standard InChI is InChI=1S/C24H18N2O5/c1-27-22-11-17(12-23(28-2)24(22)29-3)5-8-19-14-25-13-18(26-19)7-4-16-6-9-20-21(10-16)31-15-30-20/h6,9-14H,15H2,1-3H3. The maximum absolute atomic E-state index is 5.37. The van der Waals surface area contributed by atoms with Crippen molar-refractivity contribution in [2.45, 2.75) is 0 Å². The van der Waals surface area contributed by atoms with Gasteiger partial charge in [0.25, 0.3) is 0 Å². The first-order valence-corrected chi connectivity index (χ1v) is 9.26. The average Bonchev–Trinajstić information content (AvgIpc) is 3.29. The lowest BCUT2D eigenvalue weighted by atomic mass is 10.2. The van der Waals surface area contributed by atoms with Crippen LogP contribution in [0.2, 0.25) is 0 Å².